The third-order valence-electron chi connectivity index (χ3n) is 5.12. The molecule has 0 aromatic heterocycles. The van der Waals surface area contributed by atoms with E-state index in [0.717, 1.165) is 5.56 Å². The highest BCUT2D eigenvalue weighted by molar-refractivity contribution is 7.88. The first-order chi connectivity index (χ1) is 13.4. The van der Waals surface area contributed by atoms with Gasteiger partial charge in [0, 0.05) is 36.5 Å². The summed E-state index contributed by atoms with van der Waals surface area (Å²) in [6.45, 7) is 0.642. The van der Waals surface area contributed by atoms with Gasteiger partial charge in [-0.15, -0.1) is 0 Å². The maximum atomic E-state index is 12.7. The summed E-state index contributed by atoms with van der Waals surface area (Å²) in [5.74, 6) is -0.271. The lowest BCUT2D eigenvalue weighted by molar-refractivity contribution is -0.115. The van der Waals surface area contributed by atoms with Crippen molar-refractivity contribution in [3.05, 3.63) is 70.7 Å². The number of sulfonamides is 1. The number of amides is 1. The molecule has 2 aliphatic heterocycles. The summed E-state index contributed by atoms with van der Waals surface area (Å²) in [7, 11) is -3.41. The zero-order valence-corrected chi connectivity index (χ0v) is 16.7. The Kier molecular flexibility index (Phi) is 4.99. The van der Waals surface area contributed by atoms with Crippen LogP contribution in [0.1, 0.15) is 24.0 Å². The highest BCUT2D eigenvalue weighted by Gasteiger charge is 2.44. The Labute approximate surface area is 169 Å². The Balaban J connectivity index is 1.48. The molecule has 0 saturated carbocycles. The second-order valence-electron chi connectivity index (χ2n) is 7.10. The van der Waals surface area contributed by atoms with E-state index in [1.54, 1.807) is 24.3 Å². The topological polar surface area (TPSA) is 78.8 Å². The molecule has 1 fully saturated rings. The number of nitrogens with one attached hydrogen (secondary N) is 1. The lowest BCUT2D eigenvalue weighted by Gasteiger charge is -2.36. The average molecular weight is 418 g/mol. The van der Waals surface area contributed by atoms with Gasteiger partial charge in [0.05, 0.1) is 5.75 Å². The van der Waals surface area contributed by atoms with Crippen LogP contribution in [0.15, 0.2) is 59.6 Å². The number of nitrogens with zero attached hydrogens (tertiary/aromatic N) is 2. The van der Waals surface area contributed by atoms with E-state index < -0.39 is 15.7 Å². The molecule has 0 unspecified atom stereocenters. The first-order valence-corrected chi connectivity index (χ1v) is 11.1. The van der Waals surface area contributed by atoms with Gasteiger partial charge in [0.2, 0.25) is 10.0 Å². The van der Waals surface area contributed by atoms with E-state index in [9.17, 15) is 13.2 Å². The Morgan fingerprint density at radius 2 is 1.79 bits per heavy atom. The molecular formula is C20H20ClN3O3S. The van der Waals surface area contributed by atoms with Gasteiger partial charge >= 0.3 is 0 Å². The van der Waals surface area contributed by atoms with E-state index >= 15 is 0 Å². The minimum absolute atomic E-state index is 0.0236. The van der Waals surface area contributed by atoms with Crippen LogP contribution in [-0.2, 0) is 20.6 Å². The van der Waals surface area contributed by atoms with Crippen molar-refractivity contribution in [2.24, 2.45) is 4.99 Å². The van der Waals surface area contributed by atoms with Crippen LogP contribution < -0.4 is 5.32 Å². The van der Waals surface area contributed by atoms with Crippen LogP contribution in [0.3, 0.4) is 0 Å². The van der Waals surface area contributed by atoms with Crippen LogP contribution in [0.5, 0.6) is 0 Å². The zero-order chi connectivity index (χ0) is 19.8. The van der Waals surface area contributed by atoms with Crippen molar-refractivity contribution < 1.29 is 13.2 Å². The fourth-order valence-corrected chi connectivity index (χ4v) is 5.37. The molecule has 2 aliphatic rings. The Hall–Kier alpha value is -2.22. The zero-order valence-electron chi connectivity index (χ0n) is 15.1. The summed E-state index contributed by atoms with van der Waals surface area (Å²) >= 11 is 6.02. The molecule has 1 saturated heterocycles. The molecule has 4 rings (SSSR count). The number of benzene rings is 2. The van der Waals surface area contributed by atoms with E-state index in [1.807, 2.05) is 30.3 Å². The van der Waals surface area contributed by atoms with Crippen molar-refractivity contribution in [1.82, 2.24) is 9.62 Å². The quantitative estimate of drug-likeness (QED) is 0.830. The Morgan fingerprint density at radius 3 is 2.46 bits per heavy atom. The lowest BCUT2D eigenvalue weighted by Crippen LogP contribution is -2.52. The molecule has 1 amide bonds. The molecule has 2 heterocycles. The molecule has 146 valence electrons. The SMILES string of the molecule is O=C1NC2(CCN(S(=O)(=O)Cc3ccccc3)CC2)N=C1c1cccc(Cl)c1. The van der Waals surface area contributed by atoms with Crippen LogP contribution >= 0.6 is 11.6 Å². The molecule has 2 aromatic rings. The molecule has 1 spiro atoms. The summed E-state index contributed by atoms with van der Waals surface area (Å²) < 4.78 is 27.0. The molecule has 0 radical (unpaired) electrons. The predicted octanol–water partition coefficient (Wildman–Crippen LogP) is 2.58. The van der Waals surface area contributed by atoms with Crippen molar-refractivity contribution in [3.8, 4) is 0 Å². The van der Waals surface area contributed by atoms with Crippen LogP contribution in [0.2, 0.25) is 5.02 Å². The van der Waals surface area contributed by atoms with Crippen molar-refractivity contribution in [2.45, 2.75) is 24.3 Å². The van der Waals surface area contributed by atoms with E-state index in [2.05, 4.69) is 10.3 Å². The minimum Gasteiger partial charge on any atom is -0.326 e. The second kappa shape index (κ2) is 7.31. The van der Waals surface area contributed by atoms with Crippen LogP contribution in [0, 0.1) is 0 Å². The number of halogens is 1. The average Bonchev–Trinajstić information content (AvgIpc) is 2.98. The van der Waals surface area contributed by atoms with Gasteiger partial charge in [-0.25, -0.2) is 12.7 Å². The van der Waals surface area contributed by atoms with Gasteiger partial charge in [-0.2, -0.15) is 0 Å². The van der Waals surface area contributed by atoms with Gasteiger partial charge in [0.25, 0.3) is 5.91 Å². The van der Waals surface area contributed by atoms with Gasteiger partial charge in [-0.05, 0) is 17.7 Å². The third kappa shape index (κ3) is 3.83. The summed E-state index contributed by atoms with van der Waals surface area (Å²) in [6.07, 6.45) is 0.883. The van der Waals surface area contributed by atoms with Crippen molar-refractivity contribution in [3.63, 3.8) is 0 Å². The number of hydrogen-bond donors (Lipinski definition) is 1. The first kappa shape index (κ1) is 19.1. The summed E-state index contributed by atoms with van der Waals surface area (Å²) in [5, 5.41) is 3.49. The van der Waals surface area contributed by atoms with E-state index in [-0.39, 0.29) is 11.7 Å². The molecular weight excluding hydrogens is 398 g/mol. The number of rotatable bonds is 4. The summed E-state index contributed by atoms with van der Waals surface area (Å²) in [6, 6.07) is 16.2. The van der Waals surface area contributed by atoms with Crippen LogP contribution in [0.4, 0.5) is 0 Å². The smallest absolute Gasteiger partial charge is 0.272 e. The molecule has 0 aliphatic carbocycles. The highest BCUT2D eigenvalue weighted by Crippen LogP contribution is 2.30. The van der Waals surface area contributed by atoms with E-state index in [4.69, 9.17) is 11.6 Å². The van der Waals surface area contributed by atoms with Gasteiger partial charge < -0.3 is 5.32 Å². The molecule has 0 atom stereocenters. The maximum absolute atomic E-state index is 12.7. The fourth-order valence-electron chi connectivity index (χ4n) is 3.64. The number of hydrogen-bond acceptors (Lipinski definition) is 4. The number of aliphatic imine (C=N–C) groups is 1. The van der Waals surface area contributed by atoms with E-state index in [0.29, 0.717) is 42.2 Å². The summed E-state index contributed by atoms with van der Waals surface area (Å²) in [5.41, 5.74) is 1.04. The minimum atomic E-state index is -3.41. The van der Waals surface area contributed by atoms with Gasteiger partial charge in [-0.3, -0.25) is 9.79 Å². The second-order valence-corrected chi connectivity index (χ2v) is 9.50. The molecule has 6 nitrogen and oxygen atoms in total. The predicted molar refractivity (Wildman–Crippen MR) is 109 cm³/mol. The number of carbonyl (C=O) groups excluding carboxylic acids is 1. The fraction of sp³-hybridized carbons (Fsp3) is 0.300. The molecule has 0 bridgehead atoms. The van der Waals surface area contributed by atoms with Crippen LogP contribution in [0.25, 0.3) is 0 Å². The molecule has 28 heavy (non-hydrogen) atoms. The standard InChI is InChI=1S/C20H20ClN3O3S/c21-17-8-4-7-16(13-17)18-19(25)23-20(22-18)9-11-24(12-10-20)28(26,27)14-15-5-2-1-3-6-15/h1-8,13H,9-12,14H2,(H,23,25). The first-order valence-electron chi connectivity index (χ1n) is 9.07. The monoisotopic (exact) mass is 417 g/mol. The van der Waals surface area contributed by atoms with Crippen LogP contribution in [-0.4, -0.2) is 43.1 Å². The normalized spacial score (nSPS) is 19.5. The van der Waals surface area contributed by atoms with Crippen molar-refractivity contribution >= 4 is 33.2 Å². The highest BCUT2D eigenvalue weighted by atomic mass is 35.5. The molecule has 2 aromatic carbocycles. The van der Waals surface area contributed by atoms with Gasteiger partial charge in [0.1, 0.15) is 11.4 Å². The summed E-state index contributed by atoms with van der Waals surface area (Å²) in [4.78, 5) is 17.1. The number of piperidine rings is 1. The van der Waals surface area contributed by atoms with Crippen molar-refractivity contribution in [2.75, 3.05) is 13.1 Å². The van der Waals surface area contributed by atoms with Gasteiger partial charge in [0.15, 0.2) is 0 Å². The molecule has 8 heteroatoms. The van der Waals surface area contributed by atoms with Crippen molar-refractivity contribution in [1.29, 1.82) is 0 Å². The lowest BCUT2D eigenvalue weighted by atomic mass is 10.00. The number of carbonyl (C=O) groups is 1. The molecule has 1 N–H and O–H groups in total. The largest absolute Gasteiger partial charge is 0.326 e. The van der Waals surface area contributed by atoms with Gasteiger partial charge in [-0.1, -0.05) is 54.1 Å². The van der Waals surface area contributed by atoms with E-state index in [1.165, 1.54) is 4.31 Å². The Bertz CT molecular complexity index is 1030. The Morgan fingerprint density at radius 1 is 1.07 bits per heavy atom. The maximum Gasteiger partial charge on any atom is 0.272 e. The third-order valence-corrected chi connectivity index (χ3v) is 7.21.